The SMILES string of the molecule is CC1=CCN(C(=O)NC(=O)CCCl)CC1. The average Bonchev–Trinajstić information content (AvgIpc) is 2.18. The van der Waals surface area contributed by atoms with Crippen molar-refractivity contribution in [1.82, 2.24) is 10.2 Å². The molecular weight excluding hydrogens is 216 g/mol. The third-order valence-corrected chi connectivity index (χ3v) is 2.48. The highest BCUT2D eigenvalue weighted by atomic mass is 35.5. The Hall–Kier alpha value is -1.03. The minimum atomic E-state index is -0.325. The predicted octanol–water partition coefficient (Wildman–Crippen LogP) is 1.50. The van der Waals surface area contributed by atoms with Crippen molar-refractivity contribution in [3.8, 4) is 0 Å². The topological polar surface area (TPSA) is 49.4 Å². The summed E-state index contributed by atoms with van der Waals surface area (Å²) >= 11 is 5.39. The van der Waals surface area contributed by atoms with Crippen molar-refractivity contribution in [3.63, 3.8) is 0 Å². The van der Waals surface area contributed by atoms with Gasteiger partial charge in [0.2, 0.25) is 5.91 Å². The quantitative estimate of drug-likeness (QED) is 0.578. The molecule has 4 nitrogen and oxygen atoms in total. The molecule has 0 fully saturated rings. The summed E-state index contributed by atoms with van der Waals surface area (Å²) in [5, 5.41) is 2.30. The standard InChI is InChI=1S/C10H15ClN2O2/c1-8-3-6-13(7-4-8)10(15)12-9(14)2-5-11/h3H,2,4-7H2,1H3,(H,12,14,15). The van der Waals surface area contributed by atoms with E-state index >= 15 is 0 Å². The van der Waals surface area contributed by atoms with E-state index in [9.17, 15) is 9.59 Å². The summed E-state index contributed by atoms with van der Waals surface area (Å²) < 4.78 is 0. The Bertz CT molecular complexity index is 289. The second-order valence-corrected chi connectivity index (χ2v) is 3.92. The van der Waals surface area contributed by atoms with Crippen molar-refractivity contribution in [1.29, 1.82) is 0 Å². The van der Waals surface area contributed by atoms with Crippen LogP contribution < -0.4 is 5.32 Å². The maximum Gasteiger partial charge on any atom is 0.324 e. The molecule has 15 heavy (non-hydrogen) atoms. The Morgan fingerprint density at radius 3 is 2.87 bits per heavy atom. The second kappa shape index (κ2) is 5.75. The molecule has 1 N–H and O–H groups in total. The number of amides is 3. The highest BCUT2D eigenvalue weighted by Gasteiger charge is 2.17. The van der Waals surface area contributed by atoms with Crippen LogP contribution in [0.2, 0.25) is 0 Å². The first-order valence-electron chi connectivity index (χ1n) is 4.94. The van der Waals surface area contributed by atoms with E-state index in [1.807, 2.05) is 13.0 Å². The van der Waals surface area contributed by atoms with Crippen LogP contribution in [0.3, 0.4) is 0 Å². The van der Waals surface area contributed by atoms with Crippen LogP contribution in [0.25, 0.3) is 0 Å². The summed E-state index contributed by atoms with van der Waals surface area (Å²) in [6.07, 6.45) is 3.04. The van der Waals surface area contributed by atoms with E-state index < -0.39 is 0 Å². The van der Waals surface area contributed by atoms with Gasteiger partial charge in [0.05, 0.1) is 0 Å². The van der Waals surface area contributed by atoms with Gasteiger partial charge in [0, 0.05) is 25.4 Å². The Kier molecular flexibility index (Phi) is 4.62. The normalized spacial score (nSPS) is 15.9. The van der Waals surface area contributed by atoms with Gasteiger partial charge in [0.25, 0.3) is 0 Å². The van der Waals surface area contributed by atoms with E-state index in [-0.39, 0.29) is 24.2 Å². The monoisotopic (exact) mass is 230 g/mol. The molecule has 3 amide bonds. The number of halogens is 1. The molecule has 5 heteroatoms. The summed E-state index contributed by atoms with van der Waals surface area (Å²) in [7, 11) is 0. The molecule has 0 aromatic heterocycles. The lowest BCUT2D eigenvalue weighted by atomic mass is 10.1. The highest BCUT2D eigenvalue weighted by Crippen LogP contribution is 2.09. The lowest BCUT2D eigenvalue weighted by Crippen LogP contribution is -2.44. The maximum atomic E-state index is 11.5. The Morgan fingerprint density at radius 1 is 1.60 bits per heavy atom. The number of nitrogens with one attached hydrogen (secondary N) is 1. The van der Waals surface area contributed by atoms with E-state index in [0.717, 1.165) is 6.42 Å². The molecule has 0 saturated carbocycles. The number of hydrogen-bond donors (Lipinski definition) is 1. The zero-order valence-corrected chi connectivity index (χ0v) is 9.51. The fourth-order valence-electron chi connectivity index (χ4n) is 1.30. The van der Waals surface area contributed by atoms with Crippen molar-refractivity contribution in [2.75, 3.05) is 19.0 Å². The van der Waals surface area contributed by atoms with Crippen LogP contribution in [0.15, 0.2) is 11.6 Å². The van der Waals surface area contributed by atoms with Crippen LogP contribution in [0.4, 0.5) is 4.79 Å². The first-order chi connectivity index (χ1) is 7.13. The Morgan fingerprint density at radius 2 is 2.33 bits per heavy atom. The van der Waals surface area contributed by atoms with Gasteiger partial charge in [0.1, 0.15) is 0 Å². The molecule has 1 aliphatic rings. The molecule has 0 aromatic carbocycles. The van der Waals surface area contributed by atoms with Gasteiger partial charge in [0.15, 0.2) is 0 Å². The van der Waals surface area contributed by atoms with Crippen molar-refractivity contribution < 1.29 is 9.59 Å². The second-order valence-electron chi connectivity index (χ2n) is 3.54. The molecule has 0 aliphatic carbocycles. The predicted molar refractivity (Wildman–Crippen MR) is 58.8 cm³/mol. The smallest absolute Gasteiger partial charge is 0.320 e. The summed E-state index contributed by atoms with van der Waals surface area (Å²) in [4.78, 5) is 24.2. The number of imide groups is 1. The minimum absolute atomic E-state index is 0.177. The molecule has 1 rings (SSSR count). The largest absolute Gasteiger partial charge is 0.324 e. The van der Waals surface area contributed by atoms with Crippen LogP contribution in [0, 0.1) is 0 Å². The lowest BCUT2D eigenvalue weighted by molar-refractivity contribution is -0.119. The molecular formula is C10H15ClN2O2. The van der Waals surface area contributed by atoms with Gasteiger partial charge in [-0.2, -0.15) is 0 Å². The summed E-state index contributed by atoms with van der Waals surface area (Å²) in [6, 6.07) is -0.325. The van der Waals surface area contributed by atoms with Crippen molar-refractivity contribution in [2.45, 2.75) is 19.8 Å². The average molecular weight is 231 g/mol. The third-order valence-electron chi connectivity index (χ3n) is 2.29. The Labute approximate surface area is 94.3 Å². The zero-order valence-electron chi connectivity index (χ0n) is 8.75. The van der Waals surface area contributed by atoms with Crippen LogP contribution >= 0.6 is 11.6 Å². The number of carbonyl (C=O) groups is 2. The summed E-state index contributed by atoms with van der Waals surface area (Å²) in [5.41, 5.74) is 1.28. The van der Waals surface area contributed by atoms with E-state index in [2.05, 4.69) is 5.32 Å². The van der Waals surface area contributed by atoms with Gasteiger partial charge in [-0.25, -0.2) is 4.79 Å². The first-order valence-corrected chi connectivity index (χ1v) is 5.47. The molecule has 0 saturated heterocycles. The maximum absolute atomic E-state index is 11.5. The van der Waals surface area contributed by atoms with Gasteiger partial charge >= 0.3 is 6.03 Å². The molecule has 1 aliphatic heterocycles. The van der Waals surface area contributed by atoms with Crippen molar-refractivity contribution in [2.24, 2.45) is 0 Å². The Balaban J connectivity index is 2.38. The van der Waals surface area contributed by atoms with Gasteiger partial charge in [-0.05, 0) is 13.3 Å². The van der Waals surface area contributed by atoms with Gasteiger partial charge in [-0.1, -0.05) is 11.6 Å². The first kappa shape index (κ1) is 12.0. The molecule has 84 valence electrons. The number of hydrogen-bond acceptors (Lipinski definition) is 2. The van der Waals surface area contributed by atoms with Gasteiger partial charge < -0.3 is 4.90 Å². The molecule has 0 unspecified atom stereocenters. The van der Waals surface area contributed by atoms with Crippen LogP contribution in [-0.2, 0) is 4.79 Å². The molecule has 0 spiro atoms. The minimum Gasteiger partial charge on any atom is -0.320 e. The summed E-state index contributed by atoms with van der Waals surface area (Å²) in [5.74, 6) is -0.0840. The van der Waals surface area contributed by atoms with Crippen LogP contribution in [-0.4, -0.2) is 35.8 Å². The molecule has 0 atom stereocenters. The van der Waals surface area contributed by atoms with Crippen LogP contribution in [0.5, 0.6) is 0 Å². The third kappa shape index (κ3) is 3.91. The van der Waals surface area contributed by atoms with E-state index in [1.165, 1.54) is 5.57 Å². The van der Waals surface area contributed by atoms with Crippen molar-refractivity contribution >= 4 is 23.5 Å². The van der Waals surface area contributed by atoms with Crippen LogP contribution in [0.1, 0.15) is 19.8 Å². The summed E-state index contributed by atoms with van der Waals surface area (Å²) in [6.45, 7) is 3.28. The number of alkyl halides is 1. The van der Waals surface area contributed by atoms with Gasteiger partial charge in [-0.15, -0.1) is 11.6 Å². The lowest BCUT2D eigenvalue weighted by Gasteiger charge is -2.25. The number of urea groups is 1. The van der Waals surface area contributed by atoms with Gasteiger partial charge in [-0.3, -0.25) is 10.1 Å². The fraction of sp³-hybridized carbons (Fsp3) is 0.600. The van der Waals surface area contributed by atoms with Crippen molar-refractivity contribution in [3.05, 3.63) is 11.6 Å². The molecule has 0 bridgehead atoms. The van der Waals surface area contributed by atoms with E-state index in [1.54, 1.807) is 4.90 Å². The fourth-order valence-corrected chi connectivity index (χ4v) is 1.47. The highest BCUT2D eigenvalue weighted by molar-refractivity contribution is 6.19. The molecule has 1 heterocycles. The molecule has 0 aromatic rings. The van der Waals surface area contributed by atoms with E-state index in [4.69, 9.17) is 11.6 Å². The zero-order chi connectivity index (χ0) is 11.3. The molecule has 0 radical (unpaired) electrons. The number of carbonyl (C=O) groups excluding carboxylic acids is 2. The number of rotatable bonds is 2. The number of nitrogens with zero attached hydrogens (tertiary/aromatic N) is 1. The van der Waals surface area contributed by atoms with E-state index in [0.29, 0.717) is 13.1 Å².